The van der Waals surface area contributed by atoms with E-state index in [2.05, 4.69) is 11.9 Å². The predicted molar refractivity (Wildman–Crippen MR) is 105 cm³/mol. The average molecular weight is 400 g/mol. The number of halogens is 3. The Bertz CT molecular complexity index is 723. The molecule has 0 unspecified atom stereocenters. The number of nitrogens with two attached hydrogens (primary N) is 1. The van der Waals surface area contributed by atoms with Crippen molar-refractivity contribution in [3.8, 4) is 5.75 Å². The third-order valence-corrected chi connectivity index (χ3v) is 4.24. The van der Waals surface area contributed by atoms with Crippen molar-refractivity contribution >= 4 is 17.5 Å². The summed E-state index contributed by atoms with van der Waals surface area (Å²) in [7, 11) is 2.77. The molecule has 0 fully saturated rings. The second-order valence-electron chi connectivity index (χ2n) is 5.27. The number of hydrogen-bond acceptors (Lipinski definition) is 5. The molecule has 0 saturated carbocycles. The van der Waals surface area contributed by atoms with Crippen LogP contribution in [0.4, 0.5) is 13.2 Å². The smallest absolute Gasteiger partial charge is 0.419 e. The third kappa shape index (κ3) is 7.34. The first-order valence-corrected chi connectivity index (χ1v) is 8.89. The molecule has 8 heteroatoms. The number of rotatable bonds is 9. The maximum atomic E-state index is 13.1. The number of alkyl halides is 3. The van der Waals surface area contributed by atoms with Crippen molar-refractivity contribution in [3.05, 3.63) is 71.0 Å². The van der Waals surface area contributed by atoms with Crippen LogP contribution in [0.1, 0.15) is 12.5 Å². The molecule has 4 nitrogen and oxygen atoms in total. The lowest BCUT2D eigenvalue weighted by molar-refractivity contribution is -0.0913. The van der Waals surface area contributed by atoms with Gasteiger partial charge in [-0.3, -0.25) is 0 Å². The van der Waals surface area contributed by atoms with E-state index in [9.17, 15) is 13.2 Å². The molecule has 1 aromatic rings. The maximum absolute atomic E-state index is 13.1. The lowest BCUT2D eigenvalue weighted by Crippen LogP contribution is -2.16. The van der Waals surface area contributed by atoms with Gasteiger partial charge in [-0.05, 0) is 54.3 Å². The first-order chi connectivity index (χ1) is 12.7. The summed E-state index contributed by atoms with van der Waals surface area (Å²) in [4.78, 5) is 0. The van der Waals surface area contributed by atoms with Gasteiger partial charge in [0.2, 0.25) is 0 Å². The van der Waals surface area contributed by atoms with E-state index in [1.165, 1.54) is 31.9 Å². The summed E-state index contributed by atoms with van der Waals surface area (Å²) in [5.41, 5.74) is 6.71. The molecule has 27 heavy (non-hydrogen) atoms. The monoisotopic (exact) mass is 400 g/mol. The summed E-state index contributed by atoms with van der Waals surface area (Å²) >= 11 is 1.31. The Hall–Kier alpha value is -2.48. The maximum Gasteiger partial charge on any atom is 0.419 e. The fourth-order valence-electron chi connectivity index (χ4n) is 1.94. The van der Waals surface area contributed by atoms with Crippen LogP contribution in [0.25, 0.3) is 5.70 Å². The van der Waals surface area contributed by atoms with Gasteiger partial charge in [-0.15, -0.1) is 11.8 Å². The van der Waals surface area contributed by atoms with Gasteiger partial charge in [-0.25, -0.2) is 0 Å². The van der Waals surface area contributed by atoms with Crippen LogP contribution < -0.4 is 15.8 Å². The van der Waals surface area contributed by atoms with E-state index in [0.717, 1.165) is 17.4 Å². The predicted octanol–water partition coefficient (Wildman–Crippen LogP) is 4.79. The van der Waals surface area contributed by atoms with Crippen LogP contribution in [0.15, 0.2) is 65.4 Å². The van der Waals surface area contributed by atoms with E-state index >= 15 is 0 Å². The fraction of sp³-hybridized carbons (Fsp3) is 0.263. The van der Waals surface area contributed by atoms with E-state index in [-0.39, 0.29) is 11.5 Å². The average Bonchev–Trinajstić information content (AvgIpc) is 2.65. The molecule has 0 aliphatic carbocycles. The summed E-state index contributed by atoms with van der Waals surface area (Å²) in [6.45, 7) is 4.79. The fourth-order valence-corrected chi connectivity index (χ4v) is 2.59. The molecule has 0 aromatic heterocycles. The van der Waals surface area contributed by atoms with Crippen molar-refractivity contribution < 1.29 is 22.6 Å². The second-order valence-corrected chi connectivity index (χ2v) is 6.12. The molecule has 0 bridgehead atoms. The summed E-state index contributed by atoms with van der Waals surface area (Å²) in [6.07, 6.45) is -2.25. The molecule has 0 saturated heterocycles. The lowest BCUT2D eigenvalue weighted by Gasteiger charge is -2.13. The van der Waals surface area contributed by atoms with Crippen molar-refractivity contribution in [3.63, 3.8) is 0 Å². The zero-order chi connectivity index (χ0) is 20.4. The van der Waals surface area contributed by atoms with Crippen molar-refractivity contribution in [2.45, 2.75) is 13.1 Å². The van der Waals surface area contributed by atoms with Gasteiger partial charge >= 0.3 is 6.18 Å². The SMILES string of the molecule is C=C/C(=C\C(=C(/C)OC)C(F)(F)F)NCS/C=C(\N)c1ccc(OC)cc1. The van der Waals surface area contributed by atoms with Crippen LogP contribution in [0.2, 0.25) is 0 Å². The van der Waals surface area contributed by atoms with E-state index in [4.69, 9.17) is 15.2 Å². The Labute approximate surface area is 161 Å². The number of methoxy groups -OCH3 is 2. The Balaban J connectivity index is 2.75. The van der Waals surface area contributed by atoms with Gasteiger partial charge in [-0.2, -0.15) is 13.2 Å². The Morgan fingerprint density at radius 3 is 2.37 bits per heavy atom. The molecule has 0 amide bonds. The standard InChI is InChI=1S/C19H23F3N2O2S/c1-5-15(10-17(13(2)25-3)19(20,21)22)24-12-27-11-18(23)14-6-8-16(26-4)9-7-14/h5-11,24H,1,12,23H2,2-4H3/b15-10+,17-13-,18-11-. The largest absolute Gasteiger partial charge is 0.501 e. The van der Waals surface area contributed by atoms with Crippen molar-refractivity contribution in [2.75, 3.05) is 20.1 Å². The van der Waals surface area contributed by atoms with Crippen molar-refractivity contribution in [1.82, 2.24) is 5.32 Å². The molecule has 0 aliphatic heterocycles. The highest BCUT2D eigenvalue weighted by Crippen LogP contribution is 2.30. The number of hydrogen-bond donors (Lipinski definition) is 2. The number of thioether (sulfide) groups is 1. The van der Waals surface area contributed by atoms with Crippen LogP contribution in [0, 0.1) is 0 Å². The van der Waals surface area contributed by atoms with Gasteiger partial charge in [0.05, 0.1) is 25.7 Å². The van der Waals surface area contributed by atoms with Gasteiger partial charge in [0.25, 0.3) is 0 Å². The number of allylic oxidation sites excluding steroid dienone is 4. The van der Waals surface area contributed by atoms with Crippen LogP contribution in [-0.4, -0.2) is 26.3 Å². The van der Waals surface area contributed by atoms with Gasteiger partial charge in [0, 0.05) is 11.4 Å². The summed E-state index contributed by atoms with van der Waals surface area (Å²) in [6, 6.07) is 7.23. The van der Waals surface area contributed by atoms with Crippen LogP contribution in [0.3, 0.4) is 0 Å². The minimum absolute atomic E-state index is 0.222. The highest BCUT2D eigenvalue weighted by molar-refractivity contribution is 8.02. The summed E-state index contributed by atoms with van der Waals surface area (Å²) < 4.78 is 49.1. The lowest BCUT2D eigenvalue weighted by atomic mass is 10.2. The minimum Gasteiger partial charge on any atom is -0.501 e. The first kappa shape index (κ1) is 22.6. The molecule has 0 atom stereocenters. The molecule has 0 radical (unpaired) electrons. The van der Waals surface area contributed by atoms with Crippen molar-refractivity contribution in [2.24, 2.45) is 5.73 Å². The second kappa shape index (κ2) is 10.6. The van der Waals surface area contributed by atoms with E-state index in [0.29, 0.717) is 11.6 Å². The summed E-state index contributed by atoms with van der Waals surface area (Å²) in [5.74, 6) is 0.813. The van der Waals surface area contributed by atoms with E-state index in [1.807, 2.05) is 12.1 Å². The van der Waals surface area contributed by atoms with Crippen molar-refractivity contribution in [1.29, 1.82) is 0 Å². The number of nitrogens with one attached hydrogen (secondary N) is 1. The highest BCUT2D eigenvalue weighted by atomic mass is 32.2. The summed E-state index contributed by atoms with van der Waals surface area (Å²) in [5, 5.41) is 4.59. The first-order valence-electron chi connectivity index (χ1n) is 7.84. The zero-order valence-electron chi connectivity index (χ0n) is 15.4. The topological polar surface area (TPSA) is 56.5 Å². The molecule has 0 heterocycles. The molecule has 148 valence electrons. The van der Waals surface area contributed by atoms with Gasteiger partial charge in [0.15, 0.2) is 0 Å². The Morgan fingerprint density at radius 1 is 1.26 bits per heavy atom. The zero-order valence-corrected chi connectivity index (χ0v) is 16.2. The van der Waals surface area contributed by atoms with Crippen LogP contribution in [0.5, 0.6) is 5.75 Å². The number of benzene rings is 1. The quantitative estimate of drug-likeness (QED) is 0.270. The Morgan fingerprint density at radius 2 is 1.89 bits per heavy atom. The number of ether oxygens (including phenoxy) is 2. The Kier molecular flexibility index (Phi) is 8.87. The molecular formula is C19H23F3N2O2S. The molecule has 1 rings (SSSR count). The van der Waals surface area contributed by atoms with E-state index < -0.39 is 11.7 Å². The van der Waals surface area contributed by atoms with Gasteiger partial charge in [-0.1, -0.05) is 6.58 Å². The minimum atomic E-state index is -4.53. The molecule has 0 spiro atoms. The third-order valence-electron chi connectivity index (χ3n) is 3.50. The molecule has 3 N–H and O–H groups in total. The van der Waals surface area contributed by atoms with Gasteiger partial charge < -0.3 is 20.5 Å². The van der Waals surface area contributed by atoms with Crippen LogP contribution >= 0.6 is 11.8 Å². The van der Waals surface area contributed by atoms with Gasteiger partial charge in [0.1, 0.15) is 11.5 Å². The van der Waals surface area contributed by atoms with Crippen LogP contribution in [-0.2, 0) is 4.74 Å². The highest BCUT2D eigenvalue weighted by Gasteiger charge is 2.34. The molecular weight excluding hydrogens is 377 g/mol. The normalized spacial score (nSPS) is 13.7. The molecule has 0 aliphatic rings. The van der Waals surface area contributed by atoms with E-state index in [1.54, 1.807) is 24.7 Å². The molecule has 1 aromatic carbocycles.